The molecular weight excluding hydrogens is 542 g/mol. The molecule has 0 N–H and O–H groups in total. The van der Waals surface area contributed by atoms with Gasteiger partial charge in [-0.15, -0.1) is 0 Å². The molecule has 0 heterocycles. The lowest BCUT2D eigenvalue weighted by molar-refractivity contribution is -0.135. The van der Waals surface area contributed by atoms with Gasteiger partial charge in [0.25, 0.3) is 0 Å². The van der Waals surface area contributed by atoms with Crippen molar-refractivity contribution in [2.75, 3.05) is 7.11 Å². The minimum atomic E-state index is -0.368. The number of benzene rings is 5. The molecule has 4 nitrogen and oxygen atoms in total. The van der Waals surface area contributed by atoms with Gasteiger partial charge in [-0.1, -0.05) is 121 Å². The Morgan fingerprint density at radius 3 is 2.09 bits per heavy atom. The number of esters is 1. The number of fused-ring (bicyclic) bond motifs is 1. The highest BCUT2D eigenvalue weighted by Gasteiger charge is 2.36. The molecular formula is C40H37NO3. The first-order chi connectivity index (χ1) is 21.6. The van der Waals surface area contributed by atoms with Crippen LogP contribution in [0, 0.1) is 5.92 Å². The van der Waals surface area contributed by atoms with Crippen molar-refractivity contribution in [2.45, 2.75) is 38.3 Å². The predicted molar refractivity (Wildman–Crippen MR) is 175 cm³/mol. The zero-order valence-corrected chi connectivity index (χ0v) is 25.1. The van der Waals surface area contributed by atoms with Gasteiger partial charge >= 0.3 is 5.97 Å². The summed E-state index contributed by atoms with van der Waals surface area (Å²) in [7, 11) is 1.39. The molecule has 1 amide bonds. The van der Waals surface area contributed by atoms with Gasteiger partial charge in [-0.2, -0.15) is 0 Å². The Balaban J connectivity index is 1.35. The number of amides is 1. The lowest BCUT2D eigenvalue weighted by Gasteiger charge is -2.42. The Labute approximate surface area is 259 Å². The Hall–Kier alpha value is -4.96. The van der Waals surface area contributed by atoms with Crippen LogP contribution in [-0.4, -0.2) is 23.9 Å². The van der Waals surface area contributed by atoms with Gasteiger partial charge in [-0.25, -0.2) is 4.79 Å². The zero-order valence-electron chi connectivity index (χ0n) is 25.1. The molecule has 0 spiro atoms. The van der Waals surface area contributed by atoms with Gasteiger partial charge in [0.15, 0.2) is 0 Å². The van der Waals surface area contributed by atoms with Crippen molar-refractivity contribution in [3.8, 4) is 11.1 Å². The van der Waals surface area contributed by atoms with E-state index in [4.69, 9.17) is 4.74 Å². The van der Waals surface area contributed by atoms with Crippen LogP contribution >= 0.6 is 0 Å². The number of ether oxygens (including phenoxy) is 1. The summed E-state index contributed by atoms with van der Waals surface area (Å²) in [6, 6.07) is 45.1. The van der Waals surface area contributed by atoms with Crippen molar-refractivity contribution >= 4 is 11.9 Å². The van der Waals surface area contributed by atoms with E-state index in [0.29, 0.717) is 18.0 Å². The fraction of sp³-hybridized carbons (Fsp3) is 0.200. The van der Waals surface area contributed by atoms with Crippen molar-refractivity contribution in [1.82, 2.24) is 4.90 Å². The van der Waals surface area contributed by atoms with Gasteiger partial charge in [0, 0.05) is 6.54 Å². The fourth-order valence-electron chi connectivity index (χ4n) is 6.56. The largest absolute Gasteiger partial charge is 0.465 e. The molecule has 44 heavy (non-hydrogen) atoms. The summed E-state index contributed by atoms with van der Waals surface area (Å²) < 4.78 is 4.92. The van der Waals surface area contributed by atoms with Crippen LogP contribution in [0.5, 0.6) is 0 Å². The van der Waals surface area contributed by atoms with Crippen LogP contribution in [0.2, 0.25) is 0 Å². The molecule has 0 aliphatic heterocycles. The maximum absolute atomic E-state index is 14.5. The summed E-state index contributed by atoms with van der Waals surface area (Å²) in [5, 5.41) is 0. The second-order valence-electron chi connectivity index (χ2n) is 11.6. The molecule has 1 aliphatic carbocycles. The Morgan fingerprint density at radius 1 is 0.705 bits per heavy atom. The minimum Gasteiger partial charge on any atom is -0.465 e. The molecule has 5 aromatic carbocycles. The number of aryl methyl sites for hydroxylation is 1. The van der Waals surface area contributed by atoms with Gasteiger partial charge in [0.05, 0.1) is 25.1 Å². The summed E-state index contributed by atoms with van der Waals surface area (Å²) in [6.45, 7) is 0.546. The van der Waals surface area contributed by atoms with E-state index in [-0.39, 0.29) is 24.3 Å². The average Bonchev–Trinajstić information content (AvgIpc) is 3.08. The molecule has 0 radical (unpaired) electrons. The molecule has 2 unspecified atom stereocenters. The van der Waals surface area contributed by atoms with Crippen LogP contribution in [0.3, 0.4) is 0 Å². The van der Waals surface area contributed by atoms with E-state index >= 15 is 0 Å². The second-order valence-corrected chi connectivity index (χ2v) is 11.6. The minimum absolute atomic E-state index is 0.0345. The first-order valence-corrected chi connectivity index (χ1v) is 15.3. The molecule has 0 fully saturated rings. The molecule has 0 saturated carbocycles. The number of nitrogens with zero attached hydrogens (tertiary/aromatic N) is 1. The average molecular weight is 580 g/mol. The molecule has 6 rings (SSSR count). The smallest absolute Gasteiger partial charge is 0.337 e. The van der Waals surface area contributed by atoms with Gasteiger partial charge in [0.1, 0.15) is 0 Å². The van der Waals surface area contributed by atoms with E-state index in [2.05, 4.69) is 77.7 Å². The van der Waals surface area contributed by atoms with E-state index in [1.54, 1.807) is 6.07 Å². The van der Waals surface area contributed by atoms with Crippen molar-refractivity contribution in [3.63, 3.8) is 0 Å². The first kappa shape index (κ1) is 29.1. The van der Waals surface area contributed by atoms with Gasteiger partial charge in [-0.3, -0.25) is 4.79 Å². The van der Waals surface area contributed by atoms with Gasteiger partial charge < -0.3 is 9.64 Å². The van der Waals surface area contributed by atoms with Crippen molar-refractivity contribution in [2.24, 2.45) is 5.92 Å². The Morgan fingerprint density at radius 2 is 1.34 bits per heavy atom. The van der Waals surface area contributed by atoms with Crippen LogP contribution in [-0.2, 0) is 35.3 Å². The summed E-state index contributed by atoms with van der Waals surface area (Å²) >= 11 is 0. The van der Waals surface area contributed by atoms with E-state index in [1.807, 2.05) is 54.6 Å². The predicted octanol–water partition coefficient (Wildman–Crippen LogP) is 8.26. The van der Waals surface area contributed by atoms with Crippen molar-refractivity contribution < 1.29 is 14.3 Å². The van der Waals surface area contributed by atoms with E-state index in [1.165, 1.54) is 23.8 Å². The molecule has 5 aromatic rings. The van der Waals surface area contributed by atoms with Gasteiger partial charge in [-0.05, 0) is 76.3 Å². The zero-order chi connectivity index (χ0) is 30.3. The molecule has 220 valence electrons. The third-order valence-electron chi connectivity index (χ3n) is 8.70. The summed E-state index contributed by atoms with van der Waals surface area (Å²) in [5.74, 6) is 0.0361. The fourth-order valence-corrected chi connectivity index (χ4v) is 6.56. The van der Waals surface area contributed by atoms with E-state index < -0.39 is 0 Å². The summed E-state index contributed by atoms with van der Waals surface area (Å²) in [6.07, 6.45) is 3.25. The molecule has 1 aliphatic rings. The molecule has 4 heteroatoms. The monoisotopic (exact) mass is 579 g/mol. The quantitative estimate of drug-likeness (QED) is 0.165. The Bertz CT molecular complexity index is 1730. The number of carbonyl (C=O) groups is 2. The number of rotatable bonds is 9. The number of carbonyl (C=O) groups excluding carboxylic acids is 2. The topological polar surface area (TPSA) is 46.6 Å². The molecule has 0 aromatic heterocycles. The number of hydrogen-bond donors (Lipinski definition) is 0. The maximum atomic E-state index is 14.5. The normalized spacial score (nSPS) is 15.7. The van der Waals surface area contributed by atoms with Crippen LogP contribution in [0.25, 0.3) is 11.1 Å². The van der Waals surface area contributed by atoms with Gasteiger partial charge in [0.2, 0.25) is 5.91 Å². The van der Waals surface area contributed by atoms with Crippen molar-refractivity contribution in [1.29, 1.82) is 0 Å². The van der Waals surface area contributed by atoms with Crippen LogP contribution in [0.4, 0.5) is 0 Å². The Kier molecular flexibility index (Phi) is 8.98. The summed E-state index contributed by atoms with van der Waals surface area (Å²) in [5.41, 5.74) is 8.33. The third kappa shape index (κ3) is 6.65. The van der Waals surface area contributed by atoms with E-state index in [9.17, 15) is 9.59 Å². The SMILES string of the molecule is COC(=O)c1cccc(-c2cccc(CC(=O)N(Cc3ccccc3)C3c4ccccc4CCC3Cc3ccccc3)c2)c1. The highest BCUT2D eigenvalue weighted by molar-refractivity contribution is 5.91. The van der Waals surface area contributed by atoms with Crippen LogP contribution in [0.1, 0.15) is 50.6 Å². The van der Waals surface area contributed by atoms with E-state index in [0.717, 1.165) is 41.5 Å². The lowest BCUT2D eigenvalue weighted by atomic mass is 9.76. The lowest BCUT2D eigenvalue weighted by Crippen LogP contribution is -2.41. The molecule has 0 saturated heterocycles. The van der Waals surface area contributed by atoms with Crippen molar-refractivity contribution in [3.05, 3.63) is 167 Å². The highest BCUT2D eigenvalue weighted by atomic mass is 16.5. The van der Waals surface area contributed by atoms with Crippen LogP contribution in [0.15, 0.2) is 133 Å². The number of methoxy groups -OCH3 is 1. The number of hydrogen-bond acceptors (Lipinski definition) is 3. The molecule has 2 atom stereocenters. The highest BCUT2D eigenvalue weighted by Crippen LogP contribution is 2.41. The maximum Gasteiger partial charge on any atom is 0.337 e. The standard InChI is InChI=1S/C40H37NO3/c1-44-40(43)36-20-11-19-34(27-36)33-18-10-16-31(25-33)26-38(42)41(28-30-14-6-3-7-15-30)39-35(24-29-12-4-2-5-13-29)23-22-32-17-8-9-21-37(32)39/h2-21,25,27,35,39H,22-24,26,28H2,1H3. The van der Waals surface area contributed by atoms with Crippen LogP contribution < -0.4 is 0 Å². The second kappa shape index (κ2) is 13.6. The molecule has 0 bridgehead atoms. The first-order valence-electron chi connectivity index (χ1n) is 15.3. The third-order valence-corrected chi connectivity index (χ3v) is 8.70. The summed E-state index contributed by atoms with van der Waals surface area (Å²) in [4.78, 5) is 28.8.